The van der Waals surface area contributed by atoms with E-state index in [1.54, 1.807) is 4.90 Å². The van der Waals surface area contributed by atoms with E-state index in [9.17, 15) is 9.59 Å². The molecule has 1 atom stereocenters. The molecule has 0 aromatic heterocycles. The van der Waals surface area contributed by atoms with Gasteiger partial charge in [-0.3, -0.25) is 4.79 Å². The third kappa shape index (κ3) is 4.03. The molecule has 5 heteroatoms. The van der Waals surface area contributed by atoms with Crippen molar-refractivity contribution in [2.24, 2.45) is 5.92 Å². The number of nitrogens with zero attached hydrogens (tertiary/aromatic N) is 1. The third-order valence-electron chi connectivity index (χ3n) is 4.91. The zero-order valence-electron chi connectivity index (χ0n) is 13.5. The van der Waals surface area contributed by atoms with Crippen LogP contribution in [0.1, 0.15) is 43.7 Å². The van der Waals surface area contributed by atoms with Gasteiger partial charge in [0.25, 0.3) is 0 Å². The number of urea groups is 1. The van der Waals surface area contributed by atoms with E-state index in [-0.39, 0.29) is 18.0 Å². The second-order valence-corrected chi connectivity index (χ2v) is 6.47. The Morgan fingerprint density at radius 2 is 1.91 bits per heavy atom. The van der Waals surface area contributed by atoms with Gasteiger partial charge in [0.1, 0.15) is 0 Å². The highest BCUT2D eigenvalue weighted by Gasteiger charge is 2.29. The summed E-state index contributed by atoms with van der Waals surface area (Å²) in [5.41, 5.74) is 1.18. The molecule has 1 aliphatic carbocycles. The highest BCUT2D eigenvalue weighted by atomic mass is 16.2. The number of rotatable bonds is 3. The van der Waals surface area contributed by atoms with Crippen LogP contribution in [0.3, 0.4) is 0 Å². The van der Waals surface area contributed by atoms with Gasteiger partial charge in [-0.25, -0.2) is 4.79 Å². The van der Waals surface area contributed by atoms with Gasteiger partial charge >= 0.3 is 6.03 Å². The van der Waals surface area contributed by atoms with Crippen LogP contribution in [0.2, 0.25) is 0 Å². The molecule has 1 unspecified atom stereocenters. The summed E-state index contributed by atoms with van der Waals surface area (Å²) in [6.07, 6.45) is 5.20. The number of benzene rings is 1. The van der Waals surface area contributed by atoms with Gasteiger partial charge in [0.05, 0.1) is 6.04 Å². The average Bonchev–Trinajstić information content (AvgIpc) is 3.01. The van der Waals surface area contributed by atoms with E-state index < -0.39 is 0 Å². The summed E-state index contributed by atoms with van der Waals surface area (Å²) in [4.78, 5) is 25.9. The standard InChI is InChI=1S/C18H25N3O2/c22-16-10-12-21(13-11-19-16)18(23)20-17(15-8-4-5-9-15)14-6-2-1-3-7-14/h1-3,6-7,15,17H,4-5,8-13H2,(H,19,22)(H,20,23). The van der Waals surface area contributed by atoms with Crippen molar-refractivity contribution >= 4 is 11.9 Å². The zero-order chi connectivity index (χ0) is 16.1. The summed E-state index contributed by atoms with van der Waals surface area (Å²) in [6, 6.07) is 10.3. The quantitative estimate of drug-likeness (QED) is 0.900. The Kier molecular flexibility index (Phi) is 5.16. The van der Waals surface area contributed by atoms with Gasteiger partial charge in [-0.1, -0.05) is 43.2 Å². The smallest absolute Gasteiger partial charge is 0.317 e. The van der Waals surface area contributed by atoms with Crippen LogP contribution in [0, 0.1) is 5.92 Å². The minimum Gasteiger partial charge on any atom is -0.354 e. The van der Waals surface area contributed by atoms with E-state index in [4.69, 9.17) is 0 Å². The Balaban J connectivity index is 1.70. The second kappa shape index (κ2) is 7.49. The van der Waals surface area contributed by atoms with Crippen molar-refractivity contribution in [3.05, 3.63) is 35.9 Å². The maximum absolute atomic E-state index is 12.7. The summed E-state index contributed by atoms with van der Waals surface area (Å²) in [7, 11) is 0. The van der Waals surface area contributed by atoms with Crippen LogP contribution in [-0.2, 0) is 4.79 Å². The van der Waals surface area contributed by atoms with Crippen molar-refractivity contribution in [2.75, 3.05) is 19.6 Å². The Labute approximate surface area is 137 Å². The summed E-state index contributed by atoms with van der Waals surface area (Å²) in [5.74, 6) is 0.531. The first-order valence-corrected chi connectivity index (χ1v) is 8.61. The van der Waals surface area contributed by atoms with E-state index in [1.807, 2.05) is 18.2 Å². The molecule has 1 aromatic carbocycles. The SMILES string of the molecule is O=C1CCN(C(=O)NC(c2ccccc2)C2CCCC2)CCN1. The van der Waals surface area contributed by atoms with E-state index in [1.165, 1.54) is 31.2 Å². The Morgan fingerprint density at radius 3 is 2.65 bits per heavy atom. The molecule has 2 fully saturated rings. The molecular weight excluding hydrogens is 290 g/mol. The van der Waals surface area contributed by atoms with Crippen LogP contribution in [0.4, 0.5) is 4.79 Å². The van der Waals surface area contributed by atoms with Crippen LogP contribution >= 0.6 is 0 Å². The molecule has 1 aliphatic heterocycles. The number of hydrogen-bond acceptors (Lipinski definition) is 2. The molecule has 0 spiro atoms. The number of nitrogens with one attached hydrogen (secondary N) is 2. The molecule has 2 aliphatic rings. The van der Waals surface area contributed by atoms with Gasteiger partial charge in [0.15, 0.2) is 0 Å². The number of hydrogen-bond donors (Lipinski definition) is 2. The number of carbonyl (C=O) groups is 2. The van der Waals surface area contributed by atoms with Gasteiger partial charge in [0.2, 0.25) is 5.91 Å². The van der Waals surface area contributed by atoms with Crippen molar-refractivity contribution in [3.8, 4) is 0 Å². The summed E-state index contributed by atoms with van der Waals surface area (Å²) in [5, 5.41) is 6.04. The van der Waals surface area contributed by atoms with Crippen LogP contribution in [0.25, 0.3) is 0 Å². The second-order valence-electron chi connectivity index (χ2n) is 6.47. The lowest BCUT2D eigenvalue weighted by Crippen LogP contribution is -2.44. The summed E-state index contributed by atoms with van der Waals surface area (Å²) >= 11 is 0. The van der Waals surface area contributed by atoms with Gasteiger partial charge in [-0.15, -0.1) is 0 Å². The molecule has 2 N–H and O–H groups in total. The molecule has 3 rings (SSSR count). The average molecular weight is 315 g/mol. The van der Waals surface area contributed by atoms with E-state index in [0.29, 0.717) is 32.0 Å². The first-order valence-electron chi connectivity index (χ1n) is 8.61. The Morgan fingerprint density at radius 1 is 1.17 bits per heavy atom. The minimum atomic E-state index is -0.0535. The van der Waals surface area contributed by atoms with E-state index in [0.717, 1.165) is 0 Å². The molecule has 1 aromatic rings. The highest BCUT2D eigenvalue weighted by molar-refractivity contribution is 5.79. The molecule has 1 saturated carbocycles. The molecule has 3 amide bonds. The number of amides is 3. The van der Waals surface area contributed by atoms with Crippen LogP contribution < -0.4 is 10.6 Å². The maximum atomic E-state index is 12.7. The molecule has 1 saturated heterocycles. The van der Waals surface area contributed by atoms with Crippen molar-refractivity contribution in [1.82, 2.24) is 15.5 Å². The Hall–Kier alpha value is -2.04. The summed E-state index contributed by atoms with van der Waals surface area (Å²) in [6.45, 7) is 1.60. The fourth-order valence-corrected chi connectivity index (χ4v) is 3.62. The Bertz CT molecular complexity index is 540. The van der Waals surface area contributed by atoms with Crippen molar-refractivity contribution in [3.63, 3.8) is 0 Å². The molecule has 124 valence electrons. The van der Waals surface area contributed by atoms with E-state index in [2.05, 4.69) is 22.8 Å². The van der Waals surface area contributed by atoms with Crippen molar-refractivity contribution in [1.29, 1.82) is 0 Å². The van der Waals surface area contributed by atoms with Crippen LogP contribution in [-0.4, -0.2) is 36.5 Å². The largest absolute Gasteiger partial charge is 0.354 e. The van der Waals surface area contributed by atoms with Gasteiger partial charge in [-0.05, 0) is 24.3 Å². The number of carbonyl (C=O) groups excluding carboxylic acids is 2. The molecule has 0 bridgehead atoms. The van der Waals surface area contributed by atoms with Crippen molar-refractivity contribution < 1.29 is 9.59 Å². The topological polar surface area (TPSA) is 61.4 Å². The lowest BCUT2D eigenvalue weighted by atomic mass is 9.92. The lowest BCUT2D eigenvalue weighted by Gasteiger charge is -2.29. The molecule has 23 heavy (non-hydrogen) atoms. The highest BCUT2D eigenvalue weighted by Crippen LogP contribution is 2.35. The lowest BCUT2D eigenvalue weighted by molar-refractivity contribution is -0.120. The molecular formula is C18H25N3O2. The van der Waals surface area contributed by atoms with Gasteiger partial charge in [-0.2, -0.15) is 0 Å². The first kappa shape index (κ1) is 15.8. The van der Waals surface area contributed by atoms with Gasteiger partial charge in [0, 0.05) is 26.1 Å². The third-order valence-corrected chi connectivity index (χ3v) is 4.91. The van der Waals surface area contributed by atoms with Crippen LogP contribution in [0.15, 0.2) is 30.3 Å². The molecule has 5 nitrogen and oxygen atoms in total. The fraction of sp³-hybridized carbons (Fsp3) is 0.556. The van der Waals surface area contributed by atoms with E-state index >= 15 is 0 Å². The predicted molar refractivity (Wildman–Crippen MR) is 88.9 cm³/mol. The molecule has 0 radical (unpaired) electrons. The van der Waals surface area contributed by atoms with Crippen molar-refractivity contribution in [2.45, 2.75) is 38.1 Å². The molecule has 1 heterocycles. The minimum absolute atomic E-state index is 0.0238. The van der Waals surface area contributed by atoms with Gasteiger partial charge < -0.3 is 15.5 Å². The first-order chi connectivity index (χ1) is 11.2. The zero-order valence-corrected chi connectivity index (χ0v) is 13.5. The fourth-order valence-electron chi connectivity index (χ4n) is 3.62. The van der Waals surface area contributed by atoms with Crippen LogP contribution in [0.5, 0.6) is 0 Å². The maximum Gasteiger partial charge on any atom is 0.317 e. The predicted octanol–water partition coefficient (Wildman–Crippen LogP) is 2.45. The normalized spacial score (nSPS) is 20.7. The monoisotopic (exact) mass is 315 g/mol. The summed E-state index contributed by atoms with van der Waals surface area (Å²) < 4.78 is 0.